The molecule has 0 saturated carbocycles. The molecule has 3 amide bonds. The van der Waals surface area contributed by atoms with Crippen LogP contribution < -0.4 is 25.4 Å². The number of halogens is 1. The van der Waals surface area contributed by atoms with Gasteiger partial charge in [0.1, 0.15) is 10.6 Å². The van der Waals surface area contributed by atoms with Gasteiger partial charge in [-0.25, -0.2) is 13.2 Å². The maximum atomic E-state index is 12.9. The highest BCUT2D eigenvalue weighted by molar-refractivity contribution is 7.92. The van der Waals surface area contributed by atoms with E-state index in [1.54, 1.807) is 42.5 Å². The number of benzene rings is 3. The van der Waals surface area contributed by atoms with Crippen LogP contribution in [-0.2, 0) is 14.8 Å². The van der Waals surface area contributed by atoms with Crippen LogP contribution in [0.15, 0.2) is 77.7 Å². The van der Waals surface area contributed by atoms with Gasteiger partial charge in [0, 0.05) is 11.4 Å². The number of rotatable bonds is 8. The van der Waals surface area contributed by atoms with Gasteiger partial charge in [0.2, 0.25) is 5.91 Å². The molecular formula is C22H21ClN4O5S. The van der Waals surface area contributed by atoms with Gasteiger partial charge in [0.05, 0.1) is 24.4 Å². The van der Waals surface area contributed by atoms with E-state index in [9.17, 15) is 18.0 Å². The van der Waals surface area contributed by atoms with Gasteiger partial charge >= 0.3 is 6.03 Å². The summed E-state index contributed by atoms with van der Waals surface area (Å²) in [4.78, 5) is 24.0. The zero-order valence-electron chi connectivity index (χ0n) is 17.5. The van der Waals surface area contributed by atoms with Crippen molar-refractivity contribution in [1.82, 2.24) is 5.32 Å². The highest BCUT2D eigenvalue weighted by Gasteiger charge is 2.22. The summed E-state index contributed by atoms with van der Waals surface area (Å²) >= 11 is 6.05. The molecule has 3 aromatic rings. The molecule has 0 aliphatic carbocycles. The van der Waals surface area contributed by atoms with E-state index >= 15 is 0 Å². The Labute approximate surface area is 196 Å². The summed E-state index contributed by atoms with van der Waals surface area (Å²) in [5, 5.41) is 7.78. The first-order valence-corrected chi connectivity index (χ1v) is 11.5. The number of hydrogen-bond donors (Lipinski definition) is 4. The largest absolute Gasteiger partial charge is 0.495 e. The van der Waals surface area contributed by atoms with Crippen molar-refractivity contribution in [3.63, 3.8) is 0 Å². The third kappa shape index (κ3) is 6.61. The zero-order chi connectivity index (χ0) is 23.8. The van der Waals surface area contributed by atoms with E-state index in [-0.39, 0.29) is 33.6 Å². The van der Waals surface area contributed by atoms with Crippen molar-refractivity contribution < 1.29 is 22.7 Å². The Morgan fingerprint density at radius 2 is 1.61 bits per heavy atom. The van der Waals surface area contributed by atoms with Crippen LogP contribution in [-0.4, -0.2) is 34.0 Å². The molecule has 11 heteroatoms. The number of urea groups is 1. The first kappa shape index (κ1) is 23.9. The zero-order valence-corrected chi connectivity index (χ0v) is 19.0. The molecule has 3 aromatic carbocycles. The van der Waals surface area contributed by atoms with Gasteiger partial charge < -0.3 is 20.7 Å². The fourth-order valence-electron chi connectivity index (χ4n) is 2.77. The average molecular weight is 489 g/mol. The Bertz CT molecular complexity index is 1250. The highest BCUT2D eigenvalue weighted by atomic mass is 35.5. The van der Waals surface area contributed by atoms with Crippen molar-refractivity contribution in [3.05, 3.63) is 77.8 Å². The number of nitrogens with one attached hydrogen (secondary N) is 4. The van der Waals surface area contributed by atoms with Crippen LogP contribution in [0.2, 0.25) is 5.02 Å². The molecule has 0 radical (unpaired) electrons. The minimum atomic E-state index is -4.09. The van der Waals surface area contributed by atoms with E-state index in [2.05, 4.69) is 20.7 Å². The van der Waals surface area contributed by atoms with E-state index in [0.29, 0.717) is 5.69 Å². The number of carbonyl (C=O) groups is 2. The van der Waals surface area contributed by atoms with Crippen LogP contribution in [0.5, 0.6) is 5.75 Å². The van der Waals surface area contributed by atoms with Crippen molar-refractivity contribution in [2.45, 2.75) is 4.90 Å². The summed E-state index contributed by atoms with van der Waals surface area (Å²) in [6, 6.07) is 18.7. The van der Waals surface area contributed by atoms with Crippen LogP contribution in [0.4, 0.5) is 21.9 Å². The minimum absolute atomic E-state index is 0.0768. The molecule has 0 atom stereocenters. The molecule has 172 valence electrons. The van der Waals surface area contributed by atoms with Gasteiger partial charge in [0.25, 0.3) is 10.0 Å². The molecule has 0 bridgehead atoms. The summed E-state index contributed by atoms with van der Waals surface area (Å²) < 4.78 is 33.4. The Hall–Kier alpha value is -3.76. The van der Waals surface area contributed by atoms with Gasteiger partial charge in [0.15, 0.2) is 0 Å². The number of ether oxygens (including phenoxy) is 1. The minimum Gasteiger partial charge on any atom is -0.495 e. The number of carbonyl (C=O) groups excluding carboxylic acids is 2. The molecule has 9 nitrogen and oxygen atoms in total. The lowest BCUT2D eigenvalue weighted by Crippen LogP contribution is -2.35. The van der Waals surface area contributed by atoms with Crippen LogP contribution in [0.3, 0.4) is 0 Å². The number of sulfonamides is 1. The van der Waals surface area contributed by atoms with E-state index < -0.39 is 22.0 Å². The predicted molar refractivity (Wildman–Crippen MR) is 127 cm³/mol. The van der Waals surface area contributed by atoms with Crippen LogP contribution in [0.25, 0.3) is 0 Å². The number of amides is 3. The first-order chi connectivity index (χ1) is 15.8. The fourth-order valence-corrected chi connectivity index (χ4v) is 4.29. The second kappa shape index (κ2) is 10.7. The summed E-state index contributed by atoms with van der Waals surface area (Å²) in [6.07, 6.45) is 0. The Morgan fingerprint density at radius 3 is 2.30 bits per heavy atom. The van der Waals surface area contributed by atoms with E-state index in [4.69, 9.17) is 16.3 Å². The number of para-hydroxylation sites is 2. The summed E-state index contributed by atoms with van der Waals surface area (Å²) in [5.41, 5.74) is 0.973. The van der Waals surface area contributed by atoms with Crippen LogP contribution in [0.1, 0.15) is 0 Å². The molecule has 0 aliphatic rings. The second-order valence-electron chi connectivity index (χ2n) is 6.67. The molecule has 0 aliphatic heterocycles. The van der Waals surface area contributed by atoms with Crippen LogP contribution >= 0.6 is 11.6 Å². The van der Waals surface area contributed by atoms with Crippen molar-refractivity contribution in [1.29, 1.82) is 0 Å². The number of hydrogen-bond acceptors (Lipinski definition) is 5. The Morgan fingerprint density at radius 1 is 0.909 bits per heavy atom. The van der Waals surface area contributed by atoms with E-state index in [0.717, 1.165) is 0 Å². The van der Waals surface area contributed by atoms with E-state index in [1.165, 1.54) is 31.4 Å². The van der Waals surface area contributed by atoms with E-state index in [1.807, 2.05) is 6.07 Å². The van der Waals surface area contributed by atoms with Gasteiger partial charge in [-0.15, -0.1) is 0 Å². The maximum Gasteiger partial charge on any atom is 0.319 e. The smallest absolute Gasteiger partial charge is 0.319 e. The molecule has 0 saturated heterocycles. The SMILES string of the molecule is COc1ccc(NC(=O)CNC(=O)Nc2ccccc2)cc1S(=O)(=O)Nc1ccccc1Cl. The molecule has 0 heterocycles. The topological polar surface area (TPSA) is 126 Å². The van der Waals surface area contributed by atoms with Crippen molar-refractivity contribution in [3.8, 4) is 5.75 Å². The monoisotopic (exact) mass is 488 g/mol. The second-order valence-corrected chi connectivity index (χ2v) is 8.73. The van der Waals surface area contributed by atoms with Gasteiger partial charge in [-0.2, -0.15) is 0 Å². The number of anilines is 3. The third-order valence-electron chi connectivity index (χ3n) is 4.30. The molecule has 4 N–H and O–H groups in total. The normalized spacial score (nSPS) is 10.7. The lowest BCUT2D eigenvalue weighted by molar-refractivity contribution is -0.115. The predicted octanol–water partition coefficient (Wildman–Crippen LogP) is 3.91. The molecule has 0 aromatic heterocycles. The van der Waals surface area contributed by atoms with Gasteiger partial charge in [-0.05, 0) is 42.5 Å². The Balaban J connectivity index is 1.68. The number of methoxy groups -OCH3 is 1. The quantitative estimate of drug-likeness (QED) is 0.382. The van der Waals surface area contributed by atoms with Crippen molar-refractivity contribution >= 4 is 50.6 Å². The lowest BCUT2D eigenvalue weighted by atomic mass is 10.3. The Kier molecular flexibility index (Phi) is 7.75. The highest BCUT2D eigenvalue weighted by Crippen LogP contribution is 2.30. The summed E-state index contributed by atoms with van der Waals surface area (Å²) in [5.74, 6) is -0.473. The van der Waals surface area contributed by atoms with Crippen molar-refractivity contribution in [2.24, 2.45) is 0 Å². The molecule has 3 rings (SSSR count). The average Bonchev–Trinajstić information content (AvgIpc) is 2.80. The molecular weight excluding hydrogens is 468 g/mol. The molecule has 0 fully saturated rings. The first-order valence-electron chi connectivity index (χ1n) is 9.63. The van der Waals surface area contributed by atoms with Crippen molar-refractivity contribution in [2.75, 3.05) is 29.0 Å². The summed E-state index contributed by atoms with van der Waals surface area (Å²) in [7, 11) is -2.76. The van der Waals surface area contributed by atoms with Crippen LogP contribution in [0, 0.1) is 0 Å². The van der Waals surface area contributed by atoms with Gasteiger partial charge in [-0.1, -0.05) is 41.9 Å². The summed E-state index contributed by atoms with van der Waals surface area (Å²) in [6.45, 7) is -0.329. The fraction of sp³-hybridized carbons (Fsp3) is 0.0909. The third-order valence-corrected chi connectivity index (χ3v) is 6.01. The molecule has 33 heavy (non-hydrogen) atoms. The molecule has 0 unspecified atom stereocenters. The van der Waals surface area contributed by atoms with Gasteiger partial charge in [-0.3, -0.25) is 9.52 Å². The molecule has 0 spiro atoms. The lowest BCUT2D eigenvalue weighted by Gasteiger charge is -2.14. The standard InChI is InChI=1S/C22H21ClN4O5S/c1-32-19-12-11-16(13-20(19)33(30,31)27-18-10-6-5-9-17(18)23)25-21(28)14-24-22(29)26-15-7-3-2-4-8-15/h2-13,27H,14H2,1H3,(H,25,28)(H2,24,26,29). The maximum absolute atomic E-state index is 12.9.